The summed E-state index contributed by atoms with van der Waals surface area (Å²) in [4.78, 5) is 0. The molecule has 0 saturated carbocycles. The summed E-state index contributed by atoms with van der Waals surface area (Å²) in [6, 6.07) is 8.54. The molecule has 1 aliphatic heterocycles. The van der Waals surface area contributed by atoms with E-state index in [1.807, 2.05) is 23.9 Å². The Morgan fingerprint density at radius 1 is 1.39 bits per heavy atom. The van der Waals surface area contributed by atoms with Crippen LogP contribution in [-0.4, -0.2) is 23.5 Å². The first-order chi connectivity index (χ1) is 11.1. The minimum Gasteiger partial charge on any atom is -0.493 e. The number of aromatic nitrogens is 2. The van der Waals surface area contributed by atoms with Gasteiger partial charge in [-0.25, -0.2) is 4.68 Å². The first-order valence-electron chi connectivity index (χ1n) is 8.16. The molecule has 0 saturated heterocycles. The number of aryl methyl sites for hydroxylation is 1. The summed E-state index contributed by atoms with van der Waals surface area (Å²) in [5, 5.41) is 8.28. The molecule has 2 heterocycles. The van der Waals surface area contributed by atoms with E-state index in [4.69, 9.17) is 9.47 Å². The lowest BCUT2D eigenvalue weighted by Gasteiger charge is -2.27. The van der Waals surface area contributed by atoms with Gasteiger partial charge < -0.3 is 14.8 Å². The highest BCUT2D eigenvalue weighted by Gasteiger charge is 2.23. The number of hydrogen-bond donors (Lipinski definition) is 1. The van der Waals surface area contributed by atoms with Crippen molar-refractivity contribution in [1.29, 1.82) is 0 Å². The van der Waals surface area contributed by atoms with Crippen molar-refractivity contribution in [1.82, 2.24) is 15.1 Å². The maximum atomic E-state index is 5.74. The molecule has 1 atom stereocenters. The molecule has 1 aliphatic rings. The molecule has 2 aromatic rings. The van der Waals surface area contributed by atoms with E-state index >= 15 is 0 Å². The Balaban J connectivity index is 1.82. The molecule has 1 aromatic carbocycles. The van der Waals surface area contributed by atoms with Crippen molar-refractivity contribution in [3.8, 4) is 11.6 Å². The minimum absolute atomic E-state index is 0.296. The van der Waals surface area contributed by atoms with E-state index in [-0.39, 0.29) is 0 Å². The fourth-order valence-electron chi connectivity index (χ4n) is 3.24. The molecule has 0 unspecified atom stereocenters. The third kappa shape index (κ3) is 3.06. The van der Waals surface area contributed by atoms with Crippen molar-refractivity contribution in [2.75, 3.05) is 13.7 Å². The number of nitrogens with zero attached hydrogens (tertiary/aromatic N) is 2. The first kappa shape index (κ1) is 15.9. The van der Waals surface area contributed by atoms with Gasteiger partial charge in [-0.15, -0.1) is 0 Å². The maximum Gasteiger partial charge on any atom is 0.216 e. The quantitative estimate of drug-likeness (QED) is 0.921. The Kier molecular flexibility index (Phi) is 4.57. The van der Waals surface area contributed by atoms with Crippen molar-refractivity contribution in [2.45, 2.75) is 38.8 Å². The zero-order chi connectivity index (χ0) is 16.4. The summed E-state index contributed by atoms with van der Waals surface area (Å²) in [6.45, 7) is 5.81. The monoisotopic (exact) mass is 315 g/mol. The third-order valence-electron chi connectivity index (χ3n) is 4.34. The van der Waals surface area contributed by atoms with Gasteiger partial charge in [-0.05, 0) is 12.0 Å². The molecule has 3 rings (SSSR count). The number of benzene rings is 1. The highest BCUT2D eigenvalue weighted by molar-refractivity contribution is 5.38. The Hall–Kier alpha value is -2.01. The van der Waals surface area contributed by atoms with Gasteiger partial charge in [0.25, 0.3) is 0 Å². The van der Waals surface area contributed by atoms with Gasteiger partial charge in [0.15, 0.2) is 0 Å². The molecule has 0 fully saturated rings. The van der Waals surface area contributed by atoms with E-state index in [2.05, 4.69) is 36.4 Å². The highest BCUT2D eigenvalue weighted by atomic mass is 16.5. The van der Waals surface area contributed by atoms with Gasteiger partial charge in [0.1, 0.15) is 5.75 Å². The van der Waals surface area contributed by atoms with Crippen LogP contribution in [0.15, 0.2) is 24.3 Å². The molecule has 5 nitrogen and oxygen atoms in total. The van der Waals surface area contributed by atoms with Crippen LogP contribution in [-0.2, 0) is 13.6 Å². The molecule has 0 spiro atoms. The molecule has 5 heteroatoms. The highest BCUT2D eigenvalue weighted by Crippen LogP contribution is 2.33. The number of nitrogens with one attached hydrogen (secondary N) is 1. The van der Waals surface area contributed by atoms with Gasteiger partial charge >= 0.3 is 0 Å². The number of methoxy groups -OCH3 is 1. The van der Waals surface area contributed by atoms with Crippen LogP contribution in [0, 0.1) is 0 Å². The van der Waals surface area contributed by atoms with E-state index < -0.39 is 0 Å². The molecule has 0 bridgehead atoms. The molecule has 23 heavy (non-hydrogen) atoms. The van der Waals surface area contributed by atoms with E-state index in [9.17, 15) is 0 Å². The van der Waals surface area contributed by atoms with Gasteiger partial charge in [-0.1, -0.05) is 32.0 Å². The van der Waals surface area contributed by atoms with Crippen LogP contribution in [0.5, 0.6) is 11.6 Å². The predicted octanol–water partition coefficient (Wildman–Crippen LogP) is 3.17. The fourth-order valence-corrected chi connectivity index (χ4v) is 3.24. The topological polar surface area (TPSA) is 48.3 Å². The van der Waals surface area contributed by atoms with Gasteiger partial charge in [-0.2, -0.15) is 5.10 Å². The average molecular weight is 315 g/mol. The van der Waals surface area contributed by atoms with Crippen molar-refractivity contribution >= 4 is 0 Å². The van der Waals surface area contributed by atoms with Crippen molar-refractivity contribution in [2.24, 2.45) is 7.05 Å². The van der Waals surface area contributed by atoms with Gasteiger partial charge in [0.2, 0.25) is 5.88 Å². The molecule has 0 radical (unpaired) electrons. The van der Waals surface area contributed by atoms with E-state index in [1.54, 1.807) is 7.11 Å². The summed E-state index contributed by atoms with van der Waals surface area (Å²) in [5.41, 5.74) is 3.47. The minimum atomic E-state index is 0.296. The van der Waals surface area contributed by atoms with Crippen molar-refractivity contribution in [3.05, 3.63) is 41.1 Å². The molecule has 0 aliphatic carbocycles. The van der Waals surface area contributed by atoms with Crippen molar-refractivity contribution in [3.63, 3.8) is 0 Å². The zero-order valence-electron chi connectivity index (χ0n) is 14.3. The number of para-hydroxylation sites is 1. The van der Waals surface area contributed by atoms with Crippen LogP contribution >= 0.6 is 0 Å². The molecule has 0 amide bonds. The Morgan fingerprint density at radius 2 is 2.17 bits per heavy atom. The Morgan fingerprint density at radius 3 is 2.91 bits per heavy atom. The van der Waals surface area contributed by atoms with Gasteiger partial charge in [-0.3, -0.25) is 0 Å². The summed E-state index contributed by atoms with van der Waals surface area (Å²) in [7, 11) is 3.63. The smallest absolute Gasteiger partial charge is 0.216 e. The second kappa shape index (κ2) is 6.62. The second-order valence-corrected chi connectivity index (χ2v) is 6.26. The van der Waals surface area contributed by atoms with Crippen LogP contribution < -0.4 is 14.8 Å². The third-order valence-corrected chi connectivity index (χ3v) is 4.34. The summed E-state index contributed by atoms with van der Waals surface area (Å²) in [6.07, 6.45) is 0.969. The summed E-state index contributed by atoms with van der Waals surface area (Å²) in [5.74, 6) is 2.18. The van der Waals surface area contributed by atoms with E-state index in [1.165, 1.54) is 5.56 Å². The van der Waals surface area contributed by atoms with E-state index in [0.717, 1.165) is 42.5 Å². The normalized spacial score (nSPS) is 17.0. The maximum absolute atomic E-state index is 5.74. The van der Waals surface area contributed by atoms with Gasteiger partial charge in [0.05, 0.1) is 25.0 Å². The lowest BCUT2D eigenvalue weighted by Crippen LogP contribution is -2.27. The standard InChI is InChI=1S/C18H25N3O2/c1-12(2)17-14(18(22-4)21(3)20-17)11-19-15-9-10-23-16-8-6-5-7-13(15)16/h5-8,12,15,19H,9-11H2,1-4H3/t15-/m1/s1. The average Bonchev–Trinajstić information content (AvgIpc) is 2.88. The molecular formula is C18H25N3O2. The second-order valence-electron chi connectivity index (χ2n) is 6.26. The number of hydrogen-bond acceptors (Lipinski definition) is 4. The molecule has 1 N–H and O–H groups in total. The van der Waals surface area contributed by atoms with E-state index in [0.29, 0.717) is 12.0 Å². The summed E-state index contributed by atoms with van der Waals surface area (Å²) < 4.78 is 13.1. The Bertz CT molecular complexity index is 679. The lowest BCUT2D eigenvalue weighted by atomic mass is 9.99. The van der Waals surface area contributed by atoms with Crippen LogP contribution in [0.4, 0.5) is 0 Å². The SMILES string of the molecule is COc1c(CN[C@@H]2CCOc3ccccc32)c(C(C)C)nn1C. The largest absolute Gasteiger partial charge is 0.493 e. The van der Waals surface area contributed by atoms with Crippen LogP contribution in [0.3, 0.4) is 0 Å². The Labute approximate surface area is 137 Å². The number of rotatable bonds is 5. The van der Waals surface area contributed by atoms with Crippen LogP contribution in [0.25, 0.3) is 0 Å². The molecule has 124 valence electrons. The van der Waals surface area contributed by atoms with Crippen molar-refractivity contribution < 1.29 is 9.47 Å². The van der Waals surface area contributed by atoms with Gasteiger partial charge in [0, 0.05) is 31.6 Å². The number of fused-ring (bicyclic) bond motifs is 1. The predicted molar refractivity (Wildman–Crippen MR) is 90.0 cm³/mol. The van der Waals surface area contributed by atoms with Crippen LogP contribution in [0.1, 0.15) is 49.0 Å². The fraction of sp³-hybridized carbons (Fsp3) is 0.500. The molecular weight excluding hydrogens is 290 g/mol. The number of ether oxygens (including phenoxy) is 2. The van der Waals surface area contributed by atoms with Crippen LogP contribution in [0.2, 0.25) is 0 Å². The summed E-state index contributed by atoms with van der Waals surface area (Å²) >= 11 is 0. The molecule has 1 aromatic heterocycles. The first-order valence-corrected chi connectivity index (χ1v) is 8.16. The lowest BCUT2D eigenvalue weighted by molar-refractivity contribution is 0.251. The zero-order valence-corrected chi connectivity index (χ0v) is 14.3.